The number of amidine groups is 1. The molecule has 0 aromatic carbocycles. The first-order valence-electron chi connectivity index (χ1n) is 4.65. The van der Waals surface area contributed by atoms with Crippen LogP contribution in [0.1, 0.15) is 44.9 Å². The fourth-order valence-corrected chi connectivity index (χ4v) is 2.35. The van der Waals surface area contributed by atoms with Gasteiger partial charge < -0.3 is 5.73 Å². The Kier molecular flexibility index (Phi) is 1.63. The van der Waals surface area contributed by atoms with Crippen molar-refractivity contribution in [2.45, 2.75) is 50.5 Å². The molecule has 62 valence electrons. The minimum Gasteiger partial charge on any atom is -0.387 e. The highest BCUT2D eigenvalue weighted by Gasteiger charge is 2.34. The van der Waals surface area contributed by atoms with Crippen molar-refractivity contribution in [1.82, 2.24) is 0 Å². The van der Waals surface area contributed by atoms with Gasteiger partial charge in [0.05, 0.1) is 11.4 Å². The lowest BCUT2D eigenvalue weighted by Gasteiger charge is -2.29. The number of hydrogen-bond donors (Lipinski definition) is 1. The minimum atomic E-state index is 0.308. The molecule has 11 heavy (non-hydrogen) atoms. The summed E-state index contributed by atoms with van der Waals surface area (Å²) in [5, 5.41) is 0. The molecule has 2 rings (SSSR count). The molecule has 0 saturated heterocycles. The molecule has 2 aliphatic rings. The van der Waals surface area contributed by atoms with Crippen LogP contribution in [0.4, 0.5) is 0 Å². The lowest BCUT2D eigenvalue weighted by Crippen LogP contribution is -2.26. The predicted octanol–water partition coefficient (Wildman–Crippen LogP) is 1.84. The third kappa shape index (κ3) is 1.26. The largest absolute Gasteiger partial charge is 0.387 e. The van der Waals surface area contributed by atoms with Crippen LogP contribution in [0.25, 0.3) is 0 Å². The van der Waals surface area contributed by atoms with Gasteiger partial charge in [-0.05, 0) is 19.3 Å². The molecule has 1 spiro atoms. The van der Waals surface area contributed by atoms with Gasteiger partial charge in [0, 0.05) is 6.42 Å². The Hall–Kier alpha value is -0.530. The van der Waals surface area contributed by atoms with E-state index in [9.17, 15) is 0 Å². The van der Waals surface area contributed by atoms with Gasteiger partial charge >= 0.3 is 0 Å². The van der Waals surface area contributed by atoms with Crippen LogP contribution >= 0.6 is 0 Å². The van der Waals surface area contributed by atoms with Gasteiger partial charge in [0.25, 0.3) is 0 Å². The molecule has 1 aliphatic carbocycles. The molecule has 0 amide bonds. The van der Waals surface area contributed by atoms with Crippen molar-refractivity contribution in [2.75, 3.05) is 0 Å². The highest BCUT2D eigenvalue weighted by molar-refractivity contribution is 5.82. The number of aliphatic imine (C=N–C) groups is 1. The Morgan fingerprint density at radius 1 is 1.09 bits per heavy atom. The minimum absolute atomic E-state index is 0.308. The Bertz CT molecular complexity index is 178. The smallest absolute Gasteiger partial charge is 0.0944 e. The maximum atomic E-state index is 5.69. The average molecular weight is 152 g/mol. The van der Waals surface area contributed by atoms with E-state index in [0.717, 1.165) is 12.3 Å². The van der Waals surface area contributed by atoms with Gasteiger partial charge in [0.1, 0.15) is 0 Å². The van der Waals surface area contributed by atoms with Crippen LogP contribution in [0.2, 0.25) is 0 Å². The quantitative estimate of drug-likeness (QED) is 0.565. The fraction of sp³-hybridized carbons (Fsp3) is 0.889. The maximum absolute atomic E-state index is 5.69. The molecule has 0 unspecified atom stereocenters. The molecule has 1 fully saturated rings. The Morgan fingerprint density at radius 2 is 1.82 bits per heavy atom. The Labute approximate surface area is 67.9 Å². The van der Waals surface area contributed by atoms with Crippen LogP contribution in [-0.4, -0.2) is 11.4 Å². The maximum Gasteiger partial charge on any atom is 0.0944 e. The van der Waals surface area contributed by atoms with E-state index in [4.69, 9.17) is 5.73 Å². The summed E-state index contributed by atoms with van der Waals surface area (Å²) in [7, 11) is 0. The van der Waals surface area contributed by atoms with Crippen LogP contribution in [0.5, 0.6) is 0 Å². The molecule has 0 aromatic rings. The summed E-state index contributed by atoms with van der Waals surface area (Å²) in [5.41, 5.74) is 6.00. The predicted molar refractivity (Wildman–Crippen MR) is 46.7 cm³/mol. The van der Waals surface area contributed by atoms with Crippen molar-refractivity contribution in [3.8, 4) is 0 Å². The normalized spacial score (nSPS) is 28.9. The van der Waals surface area contributed by atoms with Crippen LogP contribution in [0, 0.1) is 0 Å². The van der Waals surface area contributed by atoms with Crippen LogP contribution in [0.3, 0.4) is 0 Å². The van der Waals surface area contributed by atoms with E-state index in [1.807, 2.05) is 0 Å². The first-order chi connectivity index (χ1) is 5.31. The van der Waals surface area contributed by atoms with Crippen molar-refractivity contribution >= 4 is 5.84 Å². The van der Waals surface area contributed by atoms with Gasteiger partial charge in [-0.15, -0.1) is 0 Å². The highest BCUT2D eigenvalue weighted by atomic mass is 15.0. The first kappa shape index (κ1) is 7.14. The van der Waals surface area contributed by atoms with Crippen LogP contribution in [-0.2, 0) is 0 Å². The zero-order chi connectivity index (χ0) is 7.73. The third-order valence-electron chi connectivity index (χ3n) is 3.01. The first-order valence-corrected chi connectivity index (χ1v) is 4.65. The lowest BCUT2D eigenvalue weighted by atomic mass is 9.81. The molecule has 1 heterocycles. The molecule has 0 bridgehead atoms. The molecule has 0 radical (unpaired) electrons. The van der Waals surface area contributed by atoms with Gasteiger partial charge in [-0.2, -0.15) is 0 Å². The van der Waals surface area contributed by atoms with Crippen LogP contribution in [0.15, 0.2) is 4.99 Å². The topological polar surface area (TPSA) is 38.4 Å². The van der Waals surface area contributed by atoms with E-state index in [1.54, 1.807) is 0 Å². The van der Waals surface area contributed by atoms with E-state index in [0.29, 0.717) is 5.54 Å². The summed E-state index contributed by atoms with van der Waals surface area (Å²) < 4.78 is 0. The van der Waals surface area contributed by atoms with Crippen molar-refractivity contribution in [3.63, 3.8) is 0 Å². The third-order valence-corrected chi connectivity index (χ3v) is 3.01. The monoisotopic (exact) mass is 152 g/mol. The molecule has 0 aromatic heterocycles. The molecular formula is C9H16N2. The molecule has 1 aliphatic heterocycles. The van der Waals surface area contributed by atoms with E-state index in [-0.39, 0.29) is 0 Å². The summed E-state index contributed by atoms with van der Waals surface area (Å²) >= 11 is 0. The second-order valence-electron chi connectivity index (χ2n) is 3.89. The van der Waals surface area contributed by atoms with Crippen LogP contribution < -0.4 is 5.73 Å². The van der Waals surface area contributed by atoms with Crippen molar-refractivity contribution in [3.05, 3.63) is 0 Å². The second-order valence-corrected chi connectivity index (χ2v) is 3.89. The highest BCUT2D eigenvalue weighted by Crippen LogP contribution is 2.38. The average Bonchev–Trinajstić information content (AvgIpc) is 2.34. The van der Waals surface area contributed by atoms with E-state index in [1.165, 1.54) is 38.5 Å². The molecule has 2 heteroatoms. The SMILES string of the molecule is NC1=NC2(CCCCC2)CC1. The Balaban J connectivity index is 2.09. The zero-order valence-electron chi connectivity index (χ0n) is 6.97. The lowest BCUT2D eigenvalue weighted by molar-refractivity contribution is 0.298. The van der Waals surface area contributed by atoms with Crippen molar-refractivity contribution < 1.29 is 0 Å². The van der Waals surface area contributed by atoms with E-state index < -0.39 is 0 Å². The second kappa shape index (κ2) is 2.50. The van der Waals surface area contributed by atoms with Gasteiger partial charge in [-0.3, -0.25) is 4.99 Å². The van der Waals surface area contributed by atoms with Gasteiger partial charge in [-0.1, -0.05) is 19.3 Å². The zero-order valence-corrected chi connectivity index (χ0v) is 6.97. The van der Waals surface area contributed by atoms with E-state index >= 15 is 0 Å². The summed E-state index contributed by atoms with van der Waals surface area (Å²) in [4.78, 5) is 4.57. The Morgan fingerprint density at radius 3 is 2.36 bits per heavy atom. The summed E-state index contributed by atoms with van der Waals surface area (Å²) in [5.74, 6) is 0.895. The number of nitrogens with zero attached hydrogens (tertiary/aromatic N) is 1. The van der Waals surface area contributed by atoms with Gasteiger partial charge in [0.15, 0.2) is 0 Å². The number of hydrogen-bond acceptors (Lipinski definition) is 2. The van der Waals surface area contributed by atoms with Gasteiger partial charge in [-0.25, -0.2) is 0 Å². The summed E-state index contributed by atoms with van der Waals surface area (Å²) in [6, 6.07) is 0. The van der Waals surface area contributed by atoms with Crippen molar-refractivity contribution in [1.29, 1.82) is 0 Å². The summed E-state index contributed by atoms with van der Waals surface area (Å²) in [6.07, 6.45) is 8.95. The molecule has 2 N–H and O–H groups in total. The molecule has 0 atom stereocenters. The number of nitrogens with two attached hydrogens (primary N) is 1. The molecular weight excluding hydrogens is 136 g/mol. The number of rotatable bonds is 0. The van der Waals surface area contributed by atoms with Crippen molar-refractivity contribution in [2.24, 2.45) is 10.7 Å². The summed E-state index contributed by atoms with van der Waals surface area (Å²) in [6.45, 7) is 0. The molecule has 2 nitrogen and oxygen atoms in total. The fourth-order valence-electron chi connectivity index (χ4n) is 2.35. The van der Waals surface area contributed by atoms with Gasteiger partial charge in [0.2, 0.25) is 0 Å². The standard InChI is InChI=1S/C9H16N2/c10-8-4-7-9(11-8)5-2-1-3-6-9/h1-7H2,(H2,10,11). The molecule has 1 saturated carbocycles. The van der Waals surface area contributed by atoms with E-state index in [2.05, 4.69) is 4.99 Å².